The summed E-state index contributed by atoms with van der Waals surface area (Å²) in [7, 11) is 0. The third kappa shape index (κ3) is 2.08. The van der Waals surface area contributed by atoms with Gasteiger partial charge in [-0.05, 0) is 19.3 Å². The molecule has 1 fully saturated rings. The number of hydrogen-bond donors (Lipinski definition) is 2. The summed E-state index contributed by atoms with van der Waals surface area (Å²) in [6.07, 6.45) is 7.05. The summed E-state index contributed by atoms with van der Waals surface area (Å²) in [6, 6.07) is 0.225. The van der Waals surface area contributed by atoms with E-state index in [1.165, 1.54) is 6.42 Å². The van der Waals surface area contributed by atoms with Crippen LogP contribution in [0.15, 0.2) is 12.5 Å². The van der Waals surface area contributed by atoms with Gasteiger partial charge in [-0.3, -0.25) is 0 Å². The lowest BCUT2D eigenvalue weighted by Gasteiger charge is -2.15. The molecule has 2 atom stereocenters. The van der Waals surface area contributed by atoms with Crippen molar-refractivity contribution in [1.29, 1.82) is 0 Å². The minimum absolute atomic E-state index is 0.225. The first-order valence-corrected chi connectivity index (χ1v) is 4.70. The Balaban J connectivity index is 1.79. The number of ether oxygens (including phenoxy) is 1. The molecule has 0 bridgehead atoms. The molecule has 0 saturated heterocycles. The van der Waals surface area contributed by atoms with E-state index in [1.807, 2.05) is 0 Å². The molecule has 0 aromatic carbocycles. The van der Waals surface area contributed by atoms with E-state index in [1.54, 1.807) is 12.5 Å². The molecule has 0 amide bonds. The zero-order valence-corrected chi connectivity index (χ0v) is 7.57. The van der Waals surface area contributed by atoms with Crippen LogP contribution in [0.1, 0.15) is 25.0 Å². The lowest BCUT2D eigenvalue weighted by atomic mass is 10.2. The van der Waals surface area contributed by atoms with Crippen molar-refractivity contribution in [3.8, 4) is 0 Å². The lowest BCUT2D eigenvalue weighted by molar-refractivity contribution is 0.0341. The minimum atomic E-state index is 0.225. The molecule has 0 radical (unpaired) electrons. The predicted octanol–water partition coefficient (Wildman–Crippen LogP) is 0.806. The van der Waals surface area contributed by atoms with E-state index in [0.29, 0.717) is 6.61 Å². The summed E-state index contributed by atoms with van der Waals surface area (Å²) < 4.78 is 5.66. The molecule has 4 heteroatoms. The van der Waals surface area contributed by atoms with Crippen LogP contribution in [0.4, 0.5) is 0 Å². The fraction of sp³-hybridized carbons (Fsp3) is 0.667. The second-order valence-corrected chi connectivity index (χ2v) is 3.52. The van der Waals surface area contributed by atoms with Gasteiger partial charge < -0.3 is 15.5 Å². The van der Waals surface area contributed by atoms with E-state index >= 15 is 0 Å². The number of nitrogens with two attached hydrogens (primary N) is 1. The SMILES string of the molecule is N[C@@H]1CCC[C@@H]1OCc1cnc[nH]1. The molecule has 1 saturated carbocycles. The molecule has 1 heterocycles. The highest BCUT2D eigenvalue weighted by atomic mass is 16.5. The first-order valence-electron chi connectivity index (χ1n) is 4.70. The van der Waals surface area contributed by atoms with Crippen molar-refractivity contribution in [1.82, 2.24) is 9.97 Å². The Labute approximate surface area is 77.5 Å². The van der Waals surface area contributed by atoms with Gasteiger partial charge in [0.15, 0.2) is 0 Å². The van der Waals surface area contributed by atoms with Crippen LogP contribution in [-0.2, 0) is 11.3 Å². The third-order valence-electron chi connectivity index (χ3n) is 2.51. The van der Waals surface area contributed by atoms with Crippen molar-refractivity contribution in [2.24, 2.45) is 5.73 Å². The quantitative estimate of drug-likeness (QED) is 0.725. The molecular formula is C9H15N3O. The highest BCUT2D eigenvalue weighted by Gasteiger charge is 2.24. The number of nitrogens with zero attached hydrogens (tertiary/aromatic N) is 1. The molecule has 1 aromatic heterocycles. The van der Waals surface area contributed by atoms with Gasteiger partial charge in [-0.1, -0.05) is 0 Å². The second kappa shape index (κ2) is 3.89. The van der Waals surface area contributed by atoms with Crippen LogP contribution in [0, 0.1) is 0 Å². The summed E-state index contributed by atoms with van der Waals surface area (Å²) in [5, 5.41) is 0. The van der Waals surface area contributed by atoms with Gasteiger partial charge >= 0.3 is 0 Å². The van der Waals surface area contributed by atoms with Crippen LogP contribution < -0.4 is 5.73 Å². The van der Waals surface area contributed by atoms with E-state index in [2.05, 4.69) is 9.97 Å². The van der Waals surface area contributed by atoms with Crippen LogP contribution in [0.25, 0.3) is 0 Å². The van der Waals surface area contributed by atoms with Gasteiger partial charge in [0.1, 0.15) is 0 Å². The van der Waals surface area contributed by atoms with Crippen molar-refractivity contribution in [3.63, 3.8) is 0 Å². The molecular weight excluding hydrogens is 166 g/mol. The van der Waals surface area contributed by atoms with Gasteiger partial charge in [0.05, 0.1) is 30.9 Å². The molecule has 3 N–H and O–H groups in total. The third-order valence-corrected chi connectivity index (χ3v) is 2.51. The summed E-state index contributed by atoms with van der Waals surface area (Å²) in [5.41, 5.74) is 6.88. The van der Waals surface area contributed by atoms with Crippen molar-refractivity contribution >= 4 is 0 Å². The maximum Gasteiger partial charge on any atom is 0.0922 e. The van der Waals surface area contributed by atoms with Crippen molar-refractivity contribution in [2.75, 3.05) is 0 Å². The van der Waals surface area contributed by atoms with Gasteiger partial charge in [-0.25, -0.2) is 4.98 Å². The monoisotopic (exact) mass is 181 g/mol. The molecule has 4 nitrogen and oxygen atoms in total. The van der Waals surface area contributed by atoms with Crippen LogP contribution in [0.3, 0.4) is 0 Å². The fourth-order valence-corrected chi connectivity index (χ4v) is 1.72. The number of aromatic nitrogens is 2. The van der Waals surface area contributed by atoms with E-state index in [0.717, 1.165) is 18.5 Å². The van der Waals surface area contributed by atoms with Crippen LogP contribution in [0.5, 0.6) is 0 Å². The first-order chi connectivity index (χ1) is 6.36. The Morgan fingerprint density at radius 3 is 3.15 bits per heavy atom. The standard InChI is InChI=1S/C9H15N3O/c10-8-2-1-3-9(8)13-5-7-4-11-6-12-7/h4,6,8-9H,1-3,5,10H2,(H,11,12)/t8-,9+/m1/s1. The number of rotatable bonds is 3. The number of H-pyrrole nitrogens is 1. The zero-order valence-electron chi connectivity index (χ0n) is 7.57. The topological polar surface area (TPSA) is 63.9 Å². The Morgan fingerprint density at radius 2 is 2.54 bits per heavy atom. The number of aromatic amines is 1. The lowest BCUT2D eigenvalue weighted by Crippen LogP contribution is -2.31. The van der Waals surface area contributed by atoms with Gasteiger partial charge in [-0.15, -0.1) is 0 Å². The summed E-state index contributed by atoms with van der Waals surface area (Å²) in [6.45, 7) is 0.596. The predicted molar refractivity (Wildman–Crippen MR) is 49.0 cm³/mol. The Kier molecular flexibility index (Phi) is 2.61. The minimum Gasteiger partial charge on any atom is -0.370 e. The molecule has 1 aromatic rings. The van der Waals surface area contributed by atoms with E-state index < -0.39 is 0 Å². The van der Waals surface area contributed by atoms with Crippen molar-refractivity contribution < 1.29 is 4.74 Å². The summed E-state index contributed by atoms with van der Waals surface area (Å²) in [5.74, 6) is 0. The molecule has 2 rings (SSSR count). The Hall–Kier alpha value is -0.870. The molecule has 72 valence electrons. The fourth-order valence-electron chi connectivity index (χ4n) is 1.72. The van der Waals surface area contributed by atoms with Crippen molar-refractivity contribution in [2.45, 2.75) is 38.0 Å². The van der Waals surface area contributed by atoms with E-state index in [9.17, 15) is 0 Å². The molecule has 0 aliphatic heterocycles. The van der Waals surface area contributed by atoms with Gasteiger partial charge in [0.2, 0.25) is 0 Å². The normalized spacial score (nSPS) is 28.1. The maximum atomic E-state index is 5.87. The smallest absolute Gasteiger partial charge is 0.0922 e. The highest BCUT2D eigenvalue weighted by molar-refractivity contribution is 4.92. The van der Waals surface area contributed by atoms with Crippen molar-refractivity contribution in [3.05, 3.63) is 18.2 Å². The summed E-state index contributed by atoms with van der Waals surface area (Å²) in [4.78, 5) is 6.92. The number of imidazole rings is 1. The average molecular weight is 181 g/mol. The van der Waals surface area contributed by atoms with Crippen LogP contribution in [-0.4, -0.2) is 22.1 Å². The van der Waals surface area contributed by atoms with E-state index in [-0.39, 0.29) is 12.1 Å². The Bertz CT molecular complexity index is 247. The van der Waals surface area contributed by atoms with E-state index in [4.69, 9.17) is 10.5 Å². The molecule has 0 spiro atoms. The molecule has 1 aliphatic rings. The average Bonchev–Trinajstić information content (AvgIpc) is 2.72. The highest BCUT2D eigenvalue weighted by Crippen LogP contribution is 2.20. The molecule has 0 unspecified atom stereocenters. The van der Waals surface area contributed by atoms with Crippen LogP contribution >= 0.6 is 0 Å². The van der Waals surface area contributed by atoms with Crippen LogP contribution in [0.2, 0.25) is 0 Å². The largest absolute Gasteiger partial charge is 0.370 e. The molecule has 13 heavy (non-hydrogen) atoms. The number of hydrogen-bond acceptors (Lipinski definition) is 3. The van der Waals surface area contributed by atoms with Gasteiger partial charge in [0.25, 0.3) is 0 Å². The zero-order chi connectivity index (χ0) is 9.10. The van der Waals surface area contributed by atoms with Gasteiger partial charge in [-0.2, -0.15) is 0 Å². The number of nitrogens with one attached hydrogen (secondary N) is 1. The summed E-state index contributed by atoms with van der Waals surface area (Å²) >= 11 is 0. The second-order valence-electron chi connectivity index (χ2n) is 3.52. The Morgan fingerprint density at radius 1 is 1.62 bits per heavy atom. The molecule has 1 aliphatic carbocycles. The first kappa shape index (κ1) is 8.72. The maximum absolute atomic E-state index is 5.87. The van der Waals surface area contributed by atoms with Gasteiger partial charge in [0, 0.05) is 6.04 Å².